The van der Waals surface area contributed by atoms with Gasteiger partial charge in [-0.2, -0.15) is 0 Å². The highest BCUT2D eigenvalue weighted by Gasteiger charge is 2.10. The average Bonchev–Trinajstić information content (AvgIpc) is 2.67. The number of hydrogen-bond acceptors (Lipinski definition) is 1. The summed E-state index contributed by atoms with van der Waals surface area (Å²) in [6.45, 7) is 2.02. The average molecular weight is 309 g/mol. The van der Waals surface area contributed by atoms with Gasteiger partial charge in [0.2, 0.25) is 0 Å². The molecule has 0 saturated carbocycles. The van der Waals surface area contributed by atoms with Crippen molar-refractivity contribution in [3.05, 3.63) is 56.8 Å². The van der Waals surface area contributed by atoms with Crippen molar-refractivity contribution in [2.24, 2.45) is 0 Å². The predicted octanol–water partition coefficient (Wildman–Crippen LogP) is 5.30. The first-order chi connectivity index (χ1) is 9.06. The molecule has 0 saturated heterocycles. The zero-order valence-corrected chi connectivity index (χ0v) is 12.4. The number of aryl methyl sites for hydroxylation is 1. The van der Waals surface area contributed by atoms with Crippen LogP contribution in [0.15, 0.2) is 36.4 Å². The number of fused-ring (bicyclic) bond motifs is 1. The fraction of sp³-hybridized carbons (Fsp3) is 0.0714. The number of imidazole rings is 1. The molecule has 0 fully saturated rings. The van der Waals surface area contributed by atoms with Gasteiger partial charge in [0.1, 0.15) is 0 Å². The van der Waals surface area contributed by atoms with E-state index in [1.807, 2.05) is 47.9 Å². The first-order valence-corrected chi connectivity index (χ1v) is 6.89. The van der Waals surface area contributed by atoms with Crippen molar-refractivity contribution >= 4 is 46.5 Å². The number of aromatic amines is 1. The van der Waals surface area contributed by atoms with E-state index < -0.39 is 0 Å². The largest absolute Gasteiger partial charge is 0.330 e. The molecule has 0 bridgehead atoms. The molecule has 3 aromatic rings. The molecule has 0 aliphatic carbocycles. The highest BCUT2D eigenvalue weighted by molar-refractivity contribution is 7.71. The van der Waals surface area contributed by atoms with Crippen LogP contribution in [-0.4, -0.2) is 9.55 Å². The van der Waals surface area contributed by atoms with Crippen LogP contribution in [0.4, 0.5) is 0 Å². The van der Waals surface area contributed by atoms with E-state index in [1.165, 1.54) is 0 Å². The number of nitrogens with zero attached hydrogens (tertiary/aromatic N) is 1. The molecule has 0 aliphatic heterocycles. The molecule has 2 aromatic carbocycles. The third-order valence-electron chi connectivity index (χ3n) is 2.99. The lowest BCUT2D eigenvalue weighted by Crippen LogP contribution is -1.95. The molecule has 0 unspecified atom stereocenters. The van der Waals surface area contributed by atoms with Gasteiger partial charge < -0.3 is 4.98 Å². The van der Waals surface area contributed by atoms with E-state index in [4.69, 9.17) is 35.4 Å². The van der Waals surface area contributed by atoms with Crippen LogP contribution in [0.25, 0.3) is 16.7 Å². The lowest BCUT2D eigenvalue weighted by Gasteiger charge is -2.08. The van der Waals surface area contributed by atoms with E-state index in [9.17, 15) is 0 Å². The van der Waals surface area contributed by atoms with Crippen molar-refractivity contribution in [1.82, 2.24) is 9.55 Å². The summed E-state index contributed by atoms with van der Waals surface area (Å²) in [5, 5.41) is 1.34. The van der Waals surface area contributed by atoms with Gasteiger partial charge in [0, 0.05) is 5.02 Å². The molecule has 0 radical (unpaired) electrons. The van der Waals surface area contributed by atoms with Crippen LogP contribution < -0.4 is 0 Å². The summed E-state index contributed by atoms with van der Waals surface area (Å²) in [6.07, 6.45) is 0. The van der Waals surface area contributed by atoms with Crippen molar-refractivity contribution in [3.63, 3.8) is 0 Å². The van der Waals surface area contributed by atoms with E-state index in [-0.39, 0.29) is 0 Å². The number of nitrogens with one attached hydrogen (secondary N) is 1. The maximum absolute atomic E-state index is 6.28. The SMILES string of the molecule is Cc1ccc(Cl)c(-n2c(=S)[nH]c3cc(Cl)ccc32)c1. The van der Waals surface area contributed by atoms with Crippen LogP contribution in [0.5, 0.6) is 0 Å². The maximum atomic E-state index is 6.28. The molecule has 0 spiro atoms. The summed E-state index contributed by atoms with van der Waals surface area (Å²) in [6, 6.07) is 11.5. The van der Waals surface area contributed by atoms with Crippen molar-refractivity contribution in [2.45, 2.75) is 6.92 Å². The molecule has 96 valence electrons. The highest BCUT2D eigenvalue weighted by atomic mass is 35.5. The minimum absolute atomic E-state index is 0.602. The quantitative estimate of drug-likeness (QED) is 0.605. The number of aromatic nitrogens is 2. The van der Waals surface area contributed by atoms with Crippen molar-refractivity contribution in [1.29, 1.82) is 0 Å². The molecule has 1 aromatic heterocycles. The second kappa shape index (κ2) is 4.67. The number of H-pyrrole nitrogens is 1. The van der Waals surface area contributed by atoms with E-state index >= 15 is 0 Å². The van der Waals surface area contributed by atoms with Gasteiger partial charge in [-0.15, -0.1) is 0 Å². The Bertz CT molecular complexity index is 833. The zero-order chi connectivity index (χ0) is 13.6. The Kier molecular flexibility index (Phi) is 3.13. The maximum Gasteiger partial charge on any atom is 0.182 e. The fourth-order valence-electron chi connectivity index (χ4n) is 2.12. The number of benzene rings is 2. The Hall–Kier alpha value is -1.29. The smallest absolute Gasteiger partial charge is 0.182 e. The monoisotopic (exact) mass is 308 g/mol. The lowest BCUT2D eigenvalue weighted by molar-refractivity contribution is 1.06. The Labute approximate surface area is 125 Å². The summed E-state index contributed by atoms with van der Waals surface area (Å²) >= 11 is 17.7. The summed E-state index contributed by atoms with van der Waals surface area (Å²) in [4.78, 5) is 3.15. The zero-order valence-electron chi connectivity index (χ0n) is 10.1. The normalized spacial score (nSPS) is 11.1. The minimum Gasteiger partial charge on any atom is -0.330 e. The second-order valence-corrected chi connectivity index (χ2v) is 5.61. The summed E-state index contributed by atoms with van der Waals surface area (Å²) in [7, 11) is 0. The number of hydrogen-bond donors (Lipinski definition) is 1. The van der Waals surface area contributed by atoms with Crippen molar-refractivity contribution in [3.8, 4) is 5.69 Å². The fourth-order valence-corrected chi connectivity index (χ4v) is 2.80. The summed E-state index contributed by atoms with van der Waals surface area (Å²) < 4.78 is 2.53. The Morgan fingerprint density at radius 3 is 2.68 bits per heavy atom. The molecule has 0 aliphatic rings. The van der Waals surface area contributed by atoms with Crippen LogP contribution in [0.1, 0.15) is 5.56 Å². The summed E-state index contributed by atoms with van der Waals surface area (Å²) in [5.74, 6) is 0. The van der Waals surface area contributed by atoms with Gasteiger partial charge >= 0.3 is 0 Å². The van der Waals surface area contributed by atoms with Gasteiger partial charge in [-0.1, -0.05) is 29.3 Å². The van der Waals surface area contributed by atoms with Crippen LogP contribution >= 0.6 is 35.4 Å². The number of halogens is 2. The van der Waals surface area contributed by atoms with Gasteiger partial charge in [0.15, 0.2) is 4.77 Å². The molecule has 0 amide bonds. The third kappa shape index (κ3) is 2.18. The number of rotatable bonds is 1. The first kappa shape index (κ1) is 12.7. The molecule has 1 N–H and O–H groups in total. The summed E-state index contributed by atoms with van der Waals surface area (Å²) in [5.41, 5.74) is 3.86. The first-order valence-electron chi connectivity index (χ1n) is 5.73. The molecular formula is C14H10Cl2N2S. The van der Waals surface area contributed by atoms with Crippen LogP contribution in [0, 0.1) is 11.7 Å². The van der Waals surface area contributed by atoms with Crippen molar-refractivity contribution < 1.29 is 0 Å². The topological polar surface area (TPSA) is 20.7 Å². The van der Waals surface area contributed by atoms with Crippen LogP contribution in [-0.2, 0) is 0 Å². The molecule has 5 heteroatoms. The van der Waals surface area contributed by atoms with E-state index in [0.29, 0.717) is 14.8 Å². The second-order valence-electron chi connectivity index (χ2n) is 4.38. The van der Waals surface area contributed by atoms with Crippen LogP contribution in [0.3, 0.4) is 0 Å². The molecule has 1 heterocycles. The van der Waals surface area contributed by atoms with Gasteiger partial charge in [0.25, 0.3) is 0 Å². The van der Waals surface area contributed by atoms with E-state index in [2.05, 4.69) is 4.98 Å². The van der Waals surface area contributed by atoms with E-state index in [0.717, 1.165) is 22.3 Å². The predicted molar refractivity (Wildman–Crippen MR) is 83.2 cm³/mol. The van der Waals surface area contributed by atoms with Crippen LogP contribution in [0.2, 0.25) is 10.0 Å². The standard InChI is InChI=1S/C14H10Cl2N2S/c1-8-2-4-10(16)13(6-8)18-12-5-3-9(15)7-11(12)17-14(18)19/h2-7H,1H3,(H,17,19). The van der Waals surface area contributed by atoms with Gasteiger partial charge in [0.05, 0.1) is 21.7 Å². The molecular weight excluding hydrogens is 299 g/mol. The van der Waals surface area contributed by atoms with Crippen molar-refractivity contribution in [2.75, 3.05) is 0 Å². The molecule has 0 atom stereocenters. The Morgan fingerprint density at radius 2 is 1.89 bits per heavy atom. The molecule has 3 rings (SSSR count). The highest BCUT2D eigenvalue weighted by Crippen LogP contribution is 2.27. The van der Waals surface area contributed by atoms with Gasteiger partial charge in [-0.3, -0.25) is 4.57 Å². The Morgan fingerprint density at radius 1 is 1.11 bits per heavy atom. The van der Waals surface area contributed by atoms with Gasteiger partial charge in [-0.05, 0) is 55.0 Å². The Balaban J connectivity index is 2.39. The van der Waals surface area contributed by atoms with E-state index in [1.54, 1.807) is 0 Å². The molecule has 19 heavy (non-hydrogen) atoms. The molecule has 2 nitrogen and oxygen atoms in total. The minimum atomic E-state index is 0.602. The lowest BCUT2D eigenvalue weighted by atomic mass is 10.2. The third-order valence-corrected chi connectivity index (χ3v) is 3.83. The van der Waals surface area contributed by atoms with Gasteiger partial charge in [-0.25, -0.2) is 0 Å².